The molecule has 8 heteroatoms. The summed E-state index contributed by atoms with van der Waals surface area (Å²) in [5.41, 5.74) is 0. The van der Waals surface area contributed by atoms with Crippen LogP contribution in [-0.4, -0.2) is 68.8 Å². The molecule has 0 atom stereocenters. The largest absolute Gasteiger partial charge is 0.497 e. The Balaban J connectivity index is 1.40. The molecule has 0 unspecified atom stereocenters. The lowest BCUT2D eigenvalue weighted by molar-refractivity contribution is -0.138. The first-order valence-corrected chi connectivity index (χ1v) is 12.7. The van der Waals surface area contributed by atoms with Crippen molar-refractivity contribution in [2.24, 2.45) is 11.8 Å². The minimum atomic E-state index is -3.14. The predicted molar refractivity (Wildman–Crippen MR) is 112 cm³/mol. The number of likely N-dealkylation sites (tertiary alicyclic amines) is 1. The molecule has 2 aliphatic rings. The van der Waals surface area contributed by atoms with Gasteiger partial charge in [-0.1, -0.05) is 0 Å². The van der Waals surface area contributed by atoms with Gasteiger partial charge in [0, 0.05) is 42.7 Å². The molecule has 28 heavy (non-hydrogen) atoms. The monoisotopic (exact) mass is 426 g/mol. The summed E-state index contributed by atoms with van der Waals surface area (Å²) >= 11 is 1.86. The Morgan fingerprint density at radius 3 is 2.21 bits per heavy atom. The summed E-state index contributed by atoms with van der Waals surface area (Å²) in [7, 11) is -1.47. The Kier molecular flexibility index (Phi) is 7.28. The Labute approximate surface area is 172 Å². The van der Waals surface area contributed by atoms with Crippen LogP contribution in [0.15, 0.2) is 29.2 Å². The summed E-state index contributed by atoms with van der Waals surface area (Å²) in [5, 5.41) is 0. The summed E-state index contributed by atoms with van der Waals surface area (Å²) in [4.78, 5) is 16.0. The molecule has 1 aromatic carbocycles. The van der Waals surface area contributed by atoms with Crippen LogP contribution in [0.3, 0.4) is 0 Å². The van der Waals surface area contributed by atoms with E-state index in [9.17, 15) is 13.2 Å². The smallest absolute Gasteiger partial charge is 0.225 e. The first-order chi connectivity index (χ1) is 13.4. The fraction of sp³-hybridized carbons (Fsp3) is 0.650. The number of carbonyl (C=O) groups is 1. The number of carbonyl (C=O) groups excluding carboxylic acids is 1. The average Bonchev–Trinajstić information content (AvgIpc) is 2.72. The van der Waals surface area contributed by atoms with Gasteiger partial charge in [-0.15, -0.1) is 11.8 Å². The SMILES string of the molecule is COc1ccc(SCC2CCN(C(=O)C3CCN(S(C)(=O)=O)CC3)CC2)cc1. The van der Waals surface area contributed by atoms with E-state index in [1.165, 1.54) is 15.5 Å². The molecular formula is C20H30N2O4S2. The highest BCUT2D eigenvalue weighted by Gasteiger charge is 2.32. The number of hydrogen-bond acceptors (Lipinski definition) is 5. The van der Waals surface area contributed by atoms with Crippen LogP contribution in [0.1, 0.15) is 25.7 Å². The van der Waals surface area contributed by atoms with Crippen molar-refractivity contribution >= 4 is 27.7 Å². The summed E-state index contributed by atoms with van der Waals surface area (Å²) in [5.74, 6) is 2.76. The maximum atomic E-state index is 12.8. The molecule has 2 heterocycles. The van der Waals surface area contributed by atoms with Gasteiger partial charge in [-0.25, -0.2) is 12.7 Å². The van der Waals surface area contributed by atoms with E-state index in [0.29, 0.717) is 31.8 Å². The second kappa shape index (κ2) is 9.50. The van der Waals surface area contributed by atoms with Gasteiger partial charge in [0.1, 0.15) is 5.75 Å². The molecule has 156 valence electrons. The molecule has 1 amide bonds. The van der Waals surface area contributed by atoms with Crippen LogP contribution in [0.5, 0.6) is 5.75 Å². The number of rotatable bonds is 6. The molecule has 0 aromatic heterocycles. The molecular weight excluding hydrogens is 396 g/mol. The number of thioether (sulfide) groups is 1. The van der Waals surface area contributed by atoms with Crippen LogP contribution in [0.25, 0.3) is 0 Å². The standard InChI is InChI=1S/C20H30N2O4S2/c1-26-18-3-5-19(6-4-18)27-15-16-7-11-21(12-8-16)20(23)17-9-13-22(14-10-17)28(2,24)25/h3-6,16-17H,7-15H2,1-2H3. The minimum Gasteiger partial charge on any atom is -0.497 e. The Morgan fingerprint density at radius 2 is 1.68 bits per heavy atom. The quantitative estimate of drug-likeness (QED) is 0.655. The third-order valence-corrected chi connectivity index (χ3v) is 8.29. The van der Waals surface area contributed by atoms with Crippen molar-refractivity contribution in [1.29, 1.82) is 0 Å². The zero-order valence-electron chi connectivity index (χ0n) is 16.7. The van der Waals surface area contributed by atoms with Crippen molar-refractivity contribution in [3.63, 3.8) is 0 Å². The van der Waals surface area contributed by atoms with Gasteiger partial charge < -0.3 is 9.64 Å². The molecule has 0 bridgehead atoms. The number of benzene rings is 1. The van der Waals surface area contributed by atoms with Crippen molar-refractivity contribution in [2.75, 3.05) is 45.3 Å². The van der Waals surface area contributed by atoms with E-state index in [0.717, 1.165) is 37.4 Å². The molecule has 0 saturated carbocycles. The molecule has 0 spiro atoms. The van der Waals surface area contributed by atoms with Gasteiger partial charge in [0.25, 0.3) is 0 Å². The van der Waals surface area contributed by atoms with Gasteiger partial charge in [0.15, 0.2) is 0 Å². The number of nitrogens with zero attached hydrogens (tertiary/aromatic N) is 2. The van der Waals surface area contributed by atoms with Crippen molar-refractivity contribution in [1.82, 2.24) is 9.21 Å². The zero-order valence-corrected chi connectivity index (χ0v) is 18.3. The van der Waals surface area contributed by atoms with E-state index in [1.807, 2.05) is 28.8 Å². The van der Waals surface area contributed by atoms with Crippen molar-refractivity contribution in [3.8, 4) is 5.75 Å². The molecule has 3 rings (SSSR count). The van der Waals surface area contributed by atoms with Crippen LogP contribution in [-0.2, 0) is 14.8 Å². The number of hydrogen-bond donors (Lipinski definition) is 0. The maximum absolute atomic E-state index is 12.8. The summed E-state index contributed by atoms with van der Waals surface area (Å²) in [6, 6.07) is 8.15. The number of sulfonamides is 1. The van der Waals surface area contributed by atoms with E-state index >= 15 is 0 Å². The first kappa shape index (κ1) is 21.5. The van der Waals surface area contributed by atoms with Crippen molar-refractivity contribution in [3.05, 3.63) is 24.3 Å². The van der Waals surface area contributed by atoms with Crippen LogP contribution in [0.2, 0.25) is 0 Å². The molecule has 2 aliphatic heterocycles. The van der Waals surface area contributed by atoms with Crippen LogP contribution >= 0.6 is 11.8 Å². The van der Waals surface area contributed by atoms with E-state index in [2.05, 4.69) is 12.1 Å². The summed E-state index contributed by atoms with van der Waals surface area (Å²) in [6.07, 6.45) is 4.59. The van der Waals surface area contributed by atoms with Gasteiger partial charge in [-0.2, -0.15) is 0 Å². The molecule has 2 saturated heterocycles. The van der Waals surface area contributed by atoms with Crippen molar-refractivity contribution in [2.45, 2.75) is 30.6 Å². The predicted octanol–water partition coefficient (Wildman–Crippen LogP) is 2.70. The molecule has 1 aromatic rings. The summed E-state index contributed by atoms with van der Waals surface area (Å²) in [6.45, 7) is 2.56. The second-order valence-corrected chi connectivity index (χ2v) is 10.8. The Hall–Kier alpha value is -1.25. The van der Waals surface area contributed by atoms with Crippen LogP contribution in [0, 0.1) is 11.8 Å². The highest BCUT2D eigenvalue weighted by atomic mass is 32.2. The Bertz CT molecular complexity index is 751. The Morgan fingerprint density at radius 1 is 1.07 bits per heavy atom. The normalized spacial score (nSPS) is 20.3. The first-order valence-electron chi connectivity index (χ1n) is 9.87. The topological polar surface area (TPSA) is 66.9 Å². The van der Waals surface area contributed by atoms with Gasteiger partial charge >= 0.3 is 0 Å². The van der Waals surface area contributed by atoms with E-state index < -0.39 is 10.0 Å². The number of piperidine rings is 2. The average molecular weight is 427 g/mol. The molecule has 0 radical (unpaired) electrons. The number of methoxy groups -OCH3 is 1. The lowest BCUT2D eigenvalue weighted by Crippen LogP contribution is -2.46. The van der Waals surface area contributed by atoms with E-state index in [4.69, 9.17) is 4.74 Å². The van der Waals surface area contributed by atoms with Gasteiger partial charge in [-0.3, -0.25) is 4.79 Å². The zero-order chi connectivity index (χ0) is 20.1. The molecule has 0 N–H and O–H groups in total. The molecule has 2 fully saturated rings. The van der Waals surface area contributed by atoms with Gasteiger partial charge in [0.2, 0.25) is 15.9 Å². The fourth-order valence-corrected chi connectivity index (χ4v) is 5.86. The van der Waals surface area contributed by atoms with Gasteiger partial charge in [-0.05, 0) is 55.9 Å². The van der Waals surface area contributed by atoms with Crippen LogP contribution in [0.4, 0.5) is 0 Å². The number of ether oxygens (including phenoxy) is 1. The van der Waals surface area contributed by atoms with Crippen molar-refractivity contribution < 1.29 is 17.9 Å². The maximum Gasteiger partial charge on any atom is 0.225 e. The fourth-order valence-electron chi connectivity index (χ4n) is 3.90. The molecule has 0 aliphatic carbocycles. The van der Waals surface area contributed by atoms with E-state index in [-0.39, 0.29) is 11.8 Å². The van der Waals surface area contributed by atoms with Gasteiger partial charge in [0.05, 0.1) is 13.4 Å². The molecule has 6 nitrogen and oxygen atoms in total. The second-order valence-electron chi connectivity index (χ2n) is 7.69. The number of amides is 1. The third-order valence-electron chi connectivity index (χ3n) is 5.74. The van der Waals surface area contributed by atoms with E-state index in [1.54, 1.807) is 7.11 Å². The highest BCUT2D eigenvalue weighted by molar-refractivity contribution is 7.99. The lowest BCUT2D eigenvalue weighted by Gasteiger charge is -2.36. The van der Waals surface area contributed by atoms with Crippen LogP contribution < -0.4 is 4.74 Å². The lowest BCUT2D eigenvalue weighted by atomic mass is 9.93. The third kappa shape index (κ3) is 5.64. The summed E-state index contributed by atoms with van der Waals surface area (Å²) < 4.78 is 29.9. The minimum absolute atomic E-state index is 0.0248. The highest BCUT2D eigenvalue weighted by Crippen LogP contribution is 2.29.